The summed E-state index contributed by atoms with van der Waals surface area (Å²) in [5, 5.41) is 8.67. The van der Waals surface area contributed by atoms with E-state index >= 15 is 0 Å². The summed E-state index contributed by atoms with van der Waals surface area (Å²) in [7, 11) is 1.56. The van der Waals surface area contributed by atoms with Gasteiger partial charge in [-0.3, -0.25) is 9.59 Å². The number of carboxylic acids is 1. The highest BCUT2D eigenvalue weighted by Gasteiger charge is 2.34. The molecule has 0 radical (unpaired) electrons. The van der Waals surface area contributed by atoms with Crippen molar-refractivity contribution in [3.8, 4) is 0 Å². The number of unbranched alkanes of at least 4 members (excludes halogenated alkanes) is 9. The number of carboxylic acid groups (broad SMARTS) is 1. The van der Waals surface area contributed by atoms with Gasteiger partial charge in [-0.05, 0) is 24.7 Å². The van der Waals surface area contributed by atoms with Crippen LogP contribution < -0.4 is 0 Å². The molecule has 0 bridgehead atoms. The Balaban J connectivity index is 1.84. The molecule has 1 N–H and O–H groups in total. The molecule has 4 nitrogen and oxygen atoms in total. The van der Waals surface area contributed by atoms with Crippen molar-refractivity contribution >= 4 is 11.9 Å². The third kappa shape index (κ3) is 11.5. The molecule has 0 heterocycles. The van der Waals surface area contributed by atoms with Crippen molar-refractivity contribution in [2.24, 2.45) is 11.8 Å². The Kier molecular flexibility index (Phi) is 12.4. The minimum absolute atomic E-state index is 0.0529. The van der Waals surface area contributed by atoms with E-state index in [0.717, 1.165) is 24.7 Å². The van der Waals surface area contributed by atoms with E-state index in [1.165, 1.54) is 81.9 Å². The molecule has 4 heteroatoms. The number of likely N-dealkylation sites (N-methyl/N-ethyl adjacent to an activating group) is 1. The fourth-order valence-electron chi connectivity index (χ4n) is 3.90. The van der Waals surface area contributed by atoms with Gasteiger partial charge in [0.2, 0.25) is 5.91 Å². The molecule has 0 aliphatic heterocycles. The summed E-state index contributed by atoms with van der Waals surface area (Å²) in [4.78, 5) is 23.6. The van der Waals surface area contributed by atoms with Gasteiger partial charge < -0.3 is 10.0 Å². The van der Waals surface area contributed by atoms with Crippen LogP contribution in [-0.2, 0) is 9.59 Å². The highest BCUT2D eigenvalue weighted by Crippen LogP contribution is 2.45. The summed E-state index contributed by atoms with van der Waals surface area (Å²) < 4.78 is 0. The minimum atomic E-state index is -0.948. The standard InChI is InChI=1S/C22H41NO3/c1-3-4-5-6-8-11-14-19-17-20(19)15-12-9-7-10-13-16-21(24)23(2)18-22(25)26/h19-20H,3-18H2,1-2H3,(H,25,26). The van der Waals surface area contributed by atoms with Gasteiger partial charge in [0.1, 0.15) is 6.54 Å². The van der Waals surface area contributed by atoms with E-state index in [0.29, 0.717) is 6.42 Å². The molecule has 2 unspecified atom stereocenters. The average molecular weight is 368 g/mol. The fraction of sp³-hybridized carbons (Fsp3) is 0.909. The zero-order valence-electron chi connectivity index (χ0n) is 17.2. The first kappa shape index (κ1) is 23.0. The van der Waals surface area contributed by atoms with Crippen molar-refractivity contribution in [1.29, 1.82) is 0 Å². The first-order valence-electron chi connectivity index (χ1n) is 11.0. The maximum Gasteiger partial charge on any atom is 0.323 e. The molecule has 1 rings (SSSR count). The van der Waals surface area contributed by atoms with Crippen molar-refractivity contribution in [3.05, 3.63) is 0 Å². The van der Waals surface area contributed by atoms with Gasteiger partial charge >= 0.3 is 5.97 Å². The summed E-state index contributed by atoms with van der Waals surface area (Å²) in [6.07, 6.45) is 19.1. The van der Waals surface area contributed by atoms with Gasteiger partial charge in [0.15, 0.2) is 0 Å². The lowest BCUT2D eigenvalue weighted by molar-refractivity contribution is -0.143. The van der Waals surface area contributed by atoms with Gasteiger partial charge in [-0.1, -0.05) is 84.0 Å². The number of carbonyl (C=O) groups excluding carboxylic acids is 1. The lowest BCUT2D eigenvalue weighted by atomic mass is 10.0. The fourth-order valence-corrected chi connectivity index (χ4v) is 3.90. The van der Waals surface area contributed by atoms with E-state index < -0.39 is 5.97 Å². The van der Waals surface area contributed by atoms with E-state index in [-0.39, 0.29) is 12.5 Å². The SMILES string of the molecule is CCCCCCCCC1CC1CCCCCCCC(=O)N(C)CC(=O)O. The average Bonchev–Trinajstić information content (AvgIpc) is 3.34. The van der Waals surface area contributed by atoms with E-state index in [4.69, 9.17) is 5.11 Å². The van der Waals surface area contributed by atoms with Crippen molar-refractivity contribution in [2.45, 2.75) is 103 Å². The van der Waals surface area contributed by atoms with Crippen LogP contribution >= 0.6 is 0 Å². The molecule has 0 aromatic heterocycles. The summed E-state index contributed by atoms with van der Waals surface area (Å²) >= 11 is 0. The molecule has 26 heavy (non-hydrogen) atoms. The Bertz CT molecular complexity index is 397. The highest BCUT2D eigenvalue weighted by molar-refractivity contribution is 5.80. The zero-order chi connectivity index (χ0) is 19.2. The summed E-state index contributed by atoms with van der Waals surface area (Å²) in [6, 6.07) is 0. The van der Waals surface area contributed by atoms with E-state index in [1.807, 2.05) is 0 Å². The number of hydrogen-bond acceptors (Lipinski definition) is 2. The van der Waals surface area contributed by atoms with Gasteiger partial charge in [-0.2, -0.15) is 0 Å². The van der Waals surface area contributed by atoms with Gasteiger partial charge in [-0.15, -0.1) is 0 Å². The number of aliphatic carboxylic acids is 1. The Labute approximate surface area is 160 Å². The van der Waals surface area contributed by atoms with Gasteiger partial charge in [0, 0.05) is 13.5 Å². The van der Waals surface area contributed by atoms with Crippen molar-refractivity contribution in [2.75, 3.05) is 13.6 Å². The lowest BCUT2D eigenvalue weighted by Gasteiger charge is -2.14. The molecule has 1 amide bonds. The van der Waals surface area contributed by atoms with Crippen molar-refractivity contribution in [1.82, 2.24) is 4.90 Å². The summed E-state index contributed by atoms with van der Waals surface area (Å²) in [6.45, 7) is 2.08. The summed E-state index contributed by atoms with van der Waals surface area (Å²) in [5.41, 5.74) is 0. The molecule has 1 saturated carbocycles. The maximum absolute atomic E-state index is 11.7. The largest absolute Gasteiger partial charge is 0.480 e. The van der Waals surface area contributed by atoms with Crippen LogP contribution in [0.3, 0.4) is 0 Å². The van der Waals surface area contributed by atoms with Crippen LogP contribution in [0.25, 0.3) is 0 Å². The second kappa shape index (κ2) is 14.1. The number of hydrogen-bond donors (Lipinski definition) is 1. The summed E-state index contributed by atoms with van der Waals surface area (Å²) in [5.74, 6) is 1.04. The zero-order valence-corrected chi connectivity index (χ0v) is 17.2. The van der Waals surface area contributed by atoms with E-state index in [1.54, 1.807) is 7.05 Å². The lowest BCUT2D eigenvalue weighted by Crippen LogP contribution is -2.31. The Morgan fingerprint density at radius 1 is 0.846 bits per heavy atom. The third-order valence-corrected chi connectivity index (χ3v) is 5.76. The predicted molar refractivity (Wildman–Crippen MR) is 107 cm³/mol. The molecule has 0 aromatic carbocycles. The molecular weight excluding hydrogens is 326 g/mol. The molecule has 0 saturated heterocycles. The number of rotatable bonds is 17. The van der Waals surface area contributed by atoms with E-state index in [2.05, 4.69) is 6.92 Å². The predicted octanol–water partition coefficient (Wildman–Crippen LogP) is 5.65. The van der Waals surface area contributed by atoms with Crippen LogP contribution in [0.2, 0.25) is 0 Å². The monoisotopic (exact) mass is 367 g/mol. The Morgan fingerprint density at radius 3 is 1.88 bits per heavy atom. The Hall–Kier alpha value is -1.06. The first-order chi connectivity index (χ1) is 12.5. The molecule has 1 fully saturated rings. The number of nitrogens with zero attached hydrogens (tertiary/aromatic N) is 1. The number of carbonyl (C=O) groups is 2. The second-order valence-corrected chi connectivity index (χ2v) is 8.26. The van der Waals surface area contributed by atoms with Crippen molar-refractivity contribution in [3.63, 3.8) is 0 Å². The molecular formula is C22H41NO3. The molecule has 0 spiro atoms. The first-order valence-corrected chi connectivity index (χ1v) is 11.0. The van der Waals surface area contributed by atoms with Crippen LogP contribution in [0, 0.1) is 11.8 Å². The second-order valence-electron chi connectivity index (χ2n) is 8.26. The van der Waals surface area contributed by atoms with Crippen LogP contribution in [0.1, 0.15) is 103 Å². The normalized spacial score (nSPS) is 18.7. The van der Waals surface area contributed by atoms with Gasteiger partial charge in [0.25, 0.3) is 0 Å². The molecule has 2 atom stereocenters. The molecule has 1 aliphatic rings. The third-order valence-electron chi connectivity index (χ3n) is 5.76. The Morgan fingerprint density at radius 2 is 1.35 bits per heavy atom. The van der Waals surface area contributed by atoms with Gasteiger partial charge in [0.05, 0.1) is 0 Å². The number of amides is 1. The molecule has 1 aliphatic carbocycles. The van der Waals surface area contributed by atoms with Crippen LogP contribution in [-0.4, -0.2) is 35.5 Å². The molecule has 152 valence electrons. The minimum Gasteiger partial charge on any atom is -0.480 e. The van der Waals surface area contributed by atoms with Crippen LogP contribution in [0.5, 0.6) is 0 Å². The van der Waals surface area contributed by atoms with E-state index in [9.17, 15) is 9.59 Å². The quantitative estimate of drug-likeness (QED) is 0.338. The van der Waals surface area contributed by atoms with Crippen molar-refractivity contribution < 1.29 is 14.7 Å². The van der Waals surface area contributed by atoms with Gasteiger partial charge in [-0.25, -0.2) is 0 Å². The van der Waals surface area contributed by atoms with Crippen LogP contribution in [0.4, 0.5) is 0 Å². The highest BCUT2D eigenvalue weighted by atomic mass is 16.4. The smallest absolute Gasteiger partial charge is 0.323 e. The van der Waals surface area contributed by atoms with Crippen LogP contribution in [0.15, 0.2) is 0 Å². The molecule has 0 aromatic rings. The maximum atomic E-state index is 11.7. The topological polar surface area (TPSA) is 57.6 Å².